The summed E-state index contributed by atoms with van der Waals surface area (Å²) in [4.78, 5) is 36.8. The molecule has 1 amide bonds. The highest BCUT2D eigenvalue weighted by molar-refractivity contribution is 6.46. The van der Waals surface area contributed by atoms with E-state index in [2.05, 4.69) is 5.32 Å². The van der Waals surface area contributed by atoms with Crippen LogP contribution in [0.3, 0.4) is 0 Å². The minimum Gasteiger partial charge on any atom is -0.495 e. The molecule has 13 heteroatoms. The molecule has 11 nitrogen and oxygen atoms in total. The van der Waals surface area contributed by atoms with Gasteiger partial charge in [-0.2, -0.15) is 0 Å². The number of nitrogens with zero attached hydrogens (tertiary/aromatic N) is 1. The second kappa shape index (κ2) is 15.5. The molecule has 1 aliphatic carbocycles. The van der Waals surface area contributed by atoms with Gasteiger partial charge in [-0.05, 0) is 67.0 Å². The van der Waals surface area contributed by atoms with Crippen molar-refractivity contribution >= 4 is 52.0 Å². The van der Waals surface area contributed by atoms with Gasteiger partial charge < -0.3 is 39.7 Å². The van der Waals surface area contributed by atoms with E-state index in [1.54, 1.807) is 42.8 Å². The lowest BCUT2D eigenvalue weighted by molar-refractivity contribution is -0.139. The summed E-state index contributed by atoms with van der Waals surface area (Å²) in [7, 11) is 3.30. The molecule has 3 unspecified atom stereocenters. The highest BCUT2D eigenvalue weighted by Crippen LogP contribution is 2.44. The largest absolute Gasteiger partial charge is 0.495 e. The molecule has 0 radical (unpaired) electrons. The van der Waals surface area contributed by atoms with E-state index in [0.717, 1.165) is 41.5 Å². The Morgan fingerprint density at radius 2 is 1.63 bits per heavy atom. The summed E-state index contributed by atoms with van der Waals surface area (Å²) < 4.78 is 23.0. The van der Waals surface area contributed by atoms with Gasteiger partial charge >= 0.3 is 11.9 Å². The van der Waals surface area contributed by atoms with Crippen molar-refractivity contribution in [3.8, 4) is 5.75 Å². The molecule has 1 saturated carbocycles. The minimum absolute atomic E-state index is 0.201. The SMILES string of the molecule is CCOC(=O)c1ccc(C2(N)CCOC2)cc1.COc1cc2c(cc(C(=O)NC3(c4ccc(C(C(=O)O)C5CC5)cc4)CCOC3)n2C)c(Cl)c1Cl. The lowest BCUT2D eigenvalue weighted by Gasteiger charge is -2.30. The highest BCUT2D eigenvalue weighted by atomic mass is 35.5. The van der Waals surface area contributed by atoms with Crippen LogP contribution in [-0.4, -0.2) is 67.7 Å². The van der Waals surface area contributed by atoms with Crippen molar-refractivity contribution in [1.82, 2.24) is 9.88 Å². The van der Waals surface area contributed by atoms with Crippen molar-refractivity contribution < 1.29 is 38.4 Å². The number of carbonyl (C=O) groups excluding carboxylic acids is 2. The number of carbonyl (C=O) groups is 3. The van der Waals surface area contributed by atoms with Crippen molar-refractivity contribution in [2.45, 2.75) is 49.6 Å². The number of rotatable bonds is 10. The highest BCUT2D eigenvalue weighted by Gasteiger charge is 2.41. The Hall–Kier alpha value is -4.13. The second-order valence-corrected chi connectivity index (χ2v) is 14.4. The molecule has 52 heavy (non-hydrogen) atoms. The van der Waals surface area contributed by atoms with Crippen LogP contribution in [0.1, 0.15) is 76.1 Å². The molecule has 3 heterocycles. The molecule has 3 fully saturated rings. The molecule has 4 aromatic rings. The monoisotopic (exact) mass is 751 g/mol. The molecule has 2 aliphatic heterocycles. The summed E-state index contributed by atoms with van der Waals surface area (Å²) in [5, 5.41) is 14.1. The number of aromatic nitrogens is 1. The Kier molecular flexibility index (Phi) is 11.2. The van der Waals surface area contributed by atoms with Crippen molar-refractivity contribution in [3.63, 3.8) is 0 Å². The molecule has 0 spiro atoms. The predicted molar refractivity (Wildman–Crippen MR) is 197 cm³/mol. The van der Waals surface area contributed by atoms with Crippen LogP contribution in [0.2, 0.25) is 10.0 Å². The average Bonchev–Trinajstić information content (AvgIpc) is 3.49. The third-order valence-electron chi connectivity index (χ3n) is 10.2. The van der Waals surface area contributed by atoms with Crippen molar-refractivity contribution in [2.24, 2.45) is 18.7 Å². The van der Waals surface area contributed by atoms with Gasteiger partial charge in [-0.3, -0.25) is 9.59 Å². The van der Waals surface area contributed by atoms with E-state index in [0.29, 0.717) is 71.9 Å². The van der Waals surface area contributed by atoms with Crippen LogP contribution in [0.4, 0.5) is 0 Å². The number of aryl methyl sites for hydroxylation is 1. The maximum Gasteiger partial charge on any atom is 0.338 e. The van der Waals surface area contributed by atoms with Gasteiger partial charge in [-0.25, -0.2) is 4.79 Å². The van der Waals surface area contributed by atoms with Crippen molar-refractivity contribution in [2.75, 3.05) is 40.1 Å². The lowest BCUT2D eigenvalue weighted by Crippen LogP contribution is -2.47. The summed E-state index contributed by atoms with van der Waals surface area (Å²) >= 11 is 12.8. The van der Waals surface area contributed by atoms with Crippen LogP contribution >= 0.6 is 23.2 Å². The quantitative estimate of drug-likeness (QED) is 0.153. The van der Waals surface area contributed by atoms with Gasteiger partial charge in [0.1, 0.15) is 16.5 Å². The number of carboxylic acids is 1. The number of carboxylic acid groups (broad SMARTS) is 1. The summed E-state index contributed by atoms with van der Waals surface area (Å²) in [6, 6.07) is 18.3. The first-order valence-corrected chi connectivity index (χ1v) is 18.1. The van der Waals surface area contributed by atoms with E-state index < -0.39 is 23.0 Å². The minimum atomic E-state index is -0.793. The summed E-state index contributed by atoms with van der Waals surface area (Å²) in [5.41, 5.74) is 9.47. The Bertz CT molecular complexity index is 1950. The predicted octanol–water partition coefficient (Wildman–Crippen LogP) is 6.56. The van der Waals surface area contributed by atoms with Gasteiger partial charge in [0.05, 0.1) is 60.0 Å². The molecule has 0 bridgehead atoms. The zero-order valence-corrected chi connectivity index (χ0v) is 30.9. The number of nitrogens with two attached hydrogens (primary N) is 1. The van der Waals surface area contributed by atoms with Crippen LogP contribution in [0.5, 0.6) is 5.75 Å². The normalized spacial score (nSPS) is 21.7. The Morgan fingerprint density at radius 1 is 0.981 bits per heavy atom. The van der Waals surface area contributed by atoms with E-state index >= 15 is 0 Å². The van der Waals surface area contributed by atoms with Gasteiger partial charge in [0.2, 0.25) is 0 Å². The van der Waals surface area contributed by atoms with Gasteiger partial charge in [-0.15, -0.1) is 0 Å². The third-order valence-corrected chi connectivity index (χ3v) is 11.1. The molecule has 1 aromatic heterocycles. The average molecular weight is 753 g/mol. The smallest absolute Gasteiger partial charge is 0.338 e. The maximum atomic E-state index is 13.5. The molecule has 3 aromatic carbocycles. The fourth-order valence-electron chi connectivity index (χ4n) is 7.01. The Labute approximate surface area is 312 Å². The van der Waals surface area contributed by atoms with Crippen LogP contribution in [0, 0.1) is 5.92 Å². The molecule has 7 rings (SSSR count). The number of esters is 1. The maximum absolute atomic E-state index is 13.5. The number of amides is 1. The molecule has 3 aliphatic rings. The number of fused-ring (bicyclic) bond motifs is 1. The summed E-state index contributed by atoms with van der Waals surface area (Å²) in [6.45, 7) is 4.23. The van der Waals surface area contributed by atoms with E-state index in [-0.39, 0.29) is 17.8 Å². The van der Waals surface area contributed by atoms with E-state index in [1.165, 1.54) is 7.11 Å². The van der Waals surface area contributed by atoms with Crippen LogP contribution < -0.4 is 15.8 Å². The number of hydrogen-bond acceptors (Lipinski definition) is 8. The fourth-order valence-corrected chi connectivity index (χ4v) is 7.49. The Balaban J connectivity index is 0.000000229. The fraction of sp³-hybridized carbons (Fsp3) is 0.410. The molecule has 3 atom stereocenters. The van der Waals surface area contributed by atoms with E-state index in [1.807, 2.05) is 36.4 Å². The van der Waals surface area contributed by atoms with Crippen LogP contribution in [-0.2, 0) is 37.1 Å². The number of nitrogens with one attached hydrogen (secondary N) is 1. The van der Waals surface area contributed by atoms with Crippen molar-refractivity contribution in [3.05, 3.63) is 98.7 Å². The zero-order chi connectivity index (χ0) is 37.2. The summed E-state index contributed by atoms with van der Waals surface area (Å²) in [5.74, 6) is -1.22. The number of methoxy groups -OCH3 is 1. The van der Waals surface area contributed by atoms with Gasteiger partial charge in [0.25, 0.3) is 5.91 Å². The lowest BCUT2D eigenvalue weighted by atomic mass is 9.86. The number of halogens is 2. The number of benzene rings is 3. The van der Waals surface area contributed by atoms with Crippen molar-refractivity contribution in [1.29, 1.82) is 0 Å². The number of aliphatic carboxylic acids is 1. The molecular weight excluding hydrogens is 709 g/mol. The molecule has 4 N–H and O–H groups in total. The second-order valence-electron chi connectivity index (χ2n) is 13.6. The van der Waals surface area contributed by atoms with E-state index in [4.69, 9.17) is 47.9 Å². The first kappa shape index (κ1) is 37.6. The van der Waals surface area contributed by atoms with Gasteiger partial charge in [0, 0.05) is 38.1 Å². The first-order chi connectivity index (χ1) is 24.9. The standard InChI is InChI=1S/C26H26Cl2N2O5.C13H17NO3/c1-30-18-12-20(34-2)23(28)22(27)17(18)11-19(30)24(31)29-26(9-10-35-13-26)16-7-5-15(6-8-16)21(25(32)33)14-3-4-14;1-2-17-12(15)10-3-5-11(6-4-10)13(14)7-8-16-9-13/h5-8,11-12,14,21H,3-4,9-10,13H2,1-2H3,(H,29,31)(H,32,33);3-6H,2,7-9,14H2,1H3. The topological polar surface area (TPSA) is 151 Å². The third kappa shape index (κ3) is 7.51. The molecular formula is C39H43Cl2N3O8. The van der Waals surface area contributed by atoms with Crippen LogP contribution in [0.15, 0.2) is 60.7 Å². The zero-order valence-electron chi connectivity index (χ0n) is 29.4. The number of ether oxygens (including phenoxy) is 4. The Morgan fingerprint density at radius 3 is 2.19 bits per heavy atom. The molecule has 276 valence electrons. The van der Waals surface area contributed by atoms with Gasteiger partial charge in [-0.1, -0.05) is 59.6 Å². The summed E-state index contributed by atoms with van der Waals surface area (Å²) in [6.07, 6.45) is 3.30. The first-order valence-electron chi connectivity index (χ1n) is 17.3. The number of hydrogen-bond donors (Lipinski definition) is 3. The molecule has 2 saturated heterocycles. The van der Waals surface area contributed by atoms with E-state index in [9.17, 15) is 19.5 Å². The van der Waals surface area contributed by atoms with Gasteiger partial charge in [0.15, 0.2) is 0 Å². The van der Waals surface area contributed by atoms with Crippen LogP contribution in [0.25, 0.3) is 10.9 Å².